The highest BCUT2D eigenvalue weighted by Gasteiger charge is 2.30. The molecule has 1 aliphatic rings. The number of fused-ring (bicyclic) bond motifs is 4. The molecule has 238 valence electrons. The lowest BCUT2D eigenvalue weighted by Gasteiger charge is -2.20. The quantitative estimate of drug-likeness (QED) is 0.145. The number of carbonyl (C=O) groups is 2. The van der Waals surface area contributed by atoms with Crippen LogP contribution in [-0.2, 0) is 33.9 Å². The molecule has 0 unspecified atom stereocenters. The predicted molar refractivity (Wildman–Crippen MR) is 187 cm³/mol. The highest BCUT2D eigenvalue weighted by Crippen LogP contribution is 2.44. The van der Waals surface area contributed by atoms with E-state index < -0.39 is 18.1 Å². The summed E-state index contributed by atoms with van der Waals surface area (Å²) >= 11 is 0. The molecule has 6 aromatic carbocycles. The molecule has 0 heterocycles. The first-order valence-electron chi connectivity index (χ1n) is 16.1. The van der Waals surface area contributed by atoms with Gasteiger partial charge in [-0.15, -0.1) is 0 Å². The highest BCUT2D eigenvalue weighted by molar-refractivity contribution is 5.85. The van der Waals surface area contributed by atoms with Gasteiger partial charge in [0.05, 0.1) is 0 Å². The maximum absolute atomic E-state index is 13.5. The average Bonchev–Trinajstić information content (AvgIpc) is 3.46. The Balaban J connectivity index is 1.01. The monoisotopic (exact) mass is 633 g/mol. The number of alkyl carbamates (subject to hydrolysis) is 1. The fourth-order valence-corrected chi connectivity index (χ4v) is 6.25. The van der Waals surface area contributed by atoms with Crippen molar-refractivity contribution < 1.29 is 23.8 Å². The van der Waals surface area contributed by atoms with Gasteiger partial charge in [-0.1, -0.05) is 133 Å². The number of benzene rings is 6. The number of amides is 1. The number of esters is 1. The normalized spacial score (nSPS) is 12.5. The zero-order valence-corrected chi connectivity index (χ0v) is 26.4. The minimum Gasteiger partial charge on any atom is -0.489 e. The van der Waals surface area contributed by atoms with Crippen LogP contribution in [0, 0.1) is 0 Å². The summed E-state index contributed by atoms with van der Waals surface area (Å²) in [5.41, 5.74) is 7.32. The van der Waals surface area contributed by atoms with Gasteiger partial charge in [-0.3, -0.25) is 0 Å². The Morgan fingerprint density at radius 1 is 0.583 bits per heavy atom. The molecule has 1 amide bonds. The number of carbonyl (C=O) groups excluding carboxylic acids is 2. The van der Waals surface area contributed by atoms with Crippen molar-refractivity contribution in [1.29, 1.82) is 0 Å². The third-order valence-corrected chi connectivity index (χ3v) is 8.73. The predicted octanol–water partition coefficient (Wildman–Crippen LogP) is 8.61. The molecule has 1 atom stereocenters. The molecule has 6 aromatic rings. The summed E-state index contributed by atoms with van der Waals surface area (Å²) in [5, 5.41) is 4.96. The largest absolute Gasteiger partial charge is 0.489 e. The topological polar surface area (TPSA) is 73.9 Å². The summed E-state index contributed by atoms with van der Waals surface area (Å²) < 4.78 is 17.4. The van der Waals surface area contributed by atoms with Crippen molar-refractivity contribution in [3.63, 3.8) is 0 Å². The third kappa shape index (κ3) is 7.08. The van der Waals surface area contributed by atoms with Gasteiger partial charge in [0.25, 0.3) is 0 Å². The molecule has 0 aliphatic heterocycles. The van der Waals surface area contributed by atoms with E-state index >= 15 is 0 Å². The molecule has 0 saturated carbocycles. The fourth-order valence-electron chi connectivity index (χ4n) is 6.25. The molecule has 0 spiro atoms. The third-order valence-electron chi connectivity index (χ3n) is 8.73. The average molecular weight is 634 g/mol. The maximum atomic E-state index is 13.5. The second-order valence-electron chi connectivity index (χ2n) is 11.9. The minimum atomic E-state index is -0.949. The Kier molecular flexibility index (Phi) is 9.14. The lowest BCUT2D eigenvalue weighted by atomic mass is 9.98. The number of nitrogens with one attached hydrogen (secondary N) is 1. The van der Waals surface area contributed by atoms with Crippen molar-refractivity contribution in [2.45, 2.75) is 31.6 Å². The zero-order chi connectivity index (χ0) is 32.7. The van der Waals surface area contributed by atoms with Crippen LogP contribution in [0.5, 0.6) is 5.75 Å². The van der Waals surface area contributed by atoms with Crippen LogP contribution in [0.4, 0.5) is 4.79 Å². The van der Waals surface area contributed by atoms with Crippen LogP contribution in [0.3, 0.4) is 0 Å². The second kappa shape index (κ2) is 14.3. The maximum Gasteiger partial charge on any atom is 0.407 e. The Morgan fingerprint density at radius 2 is 1.19 bits per heavy atom. The first-order chi connectivity index (χ1) is 23.6. The van der Waals surface area contributed by atoms with Crippen LogP contribution in [-0.4, -0.2) is 24.7 Å². The van der Waals surface area contributed by atoms with Gasteiger partial charge in [0.1, 0.15) is 31.6 Å². The lowest BCUT2D eigenvalue weighted by Crippen LogP contribution is -2.43. The van der Waals surface area contributed by atoms with E-state index in [1.807, 2.05) is 121 Å². The molecule has 0 fully saturated rings. The van der Waals surface area contributed by atoms with Crippen LogP contribution < -0.4 is 10.1 Å². The smallest absolute Gasteiger partial charge is 0.407 e. The van der Waals surface area contributed by atoms with Crippen LogP contribution in [0.15, 0.2) is 146 Å². The number of ether oxygens (including phenoxy) is 3. The highest BCUT2D eigenvalue weighted by atomic mass is 16.6. The van der Waals surface area contributed by atoms with Crippen molar-refractivity contribution in [1.82, 2.24) is 5.32 Å². The second-order valence-corrected chi connectivity index (χ2v) is 11.9. The molecule has 1 N–H and O–H groups in total. The van der Waals surface area contributed by atoms with Gasteiger partial charge in [0.15, 0.2) is 0 Å². The van der Waals surface area contributed by atoms with E-state index in [9.17, 15) is 9.59 Å². The summed E-state index contributed by atoms with van der Waals surface area (Å²) in [6.07, 6.45) is -0.417. The van der Waals surface area contributed by atoms with Gasteiger partial charge in [-0.25, -0.2) is 9.59 Å². The molecule has 48 heavy (non-hydrogen) atoms. The van der Waals surface area contributed by atoms with E-state index in [1.54, 1.807) is 0 Å². The van der Waals surface area contributed by atoms with E-state index in [1.165, 1.54) is 0 Å². The number of hydrogen-bond donors (Lipinski definition) is 1. The van der Waals surface area contributed by atoms with Crippen molar-refractivity contribution in [2.75, 3.05) is 6.61 Å². The van der Waals surface area contributed by atoms with Crippen molar-refractivity contribution in [3.05, 3.63) is 173 Å². The van der Waals surface area contributed by atoms with Gasteiger partial charge in [-0.2, -0.15) is 0 Å². The van der Waals surface area contributed by atoms with Crippen LogP contribution in [0.2, 0.25) is 0 Å². The van der Waals surface area contributed by atoms with Crippen LogP contribution >= 0.6 is 0 Å². The molecule has 1 aliphatic carbocycles. The van der Waals surface area contributed by atoms with Crippen LogP contribution in [0.1, 0.15) is 33.7 Å². The molecule has 7 rings (SSSR count). The van der Waals surface area contributed by atoms with E-state index in [0.717, 1.165) is 55.5 Å². The van der Waals surface area contributed by atoms with Gasteiger partial charge >= 0.3 is 12.1 Å². The molecule has 0 bridgehead atoms. The van der Waals surface area contributed by atoms with E-state index in [0.29, 0.717) is 6.61 Å². The molecular formula is C42H35NO5. The molecule has 6 nitrogen and oxygen atoms in total. The van der Waals surface area contributed by atoms with Gasteiger partial charge < -0.3 is 19.5 Å². The number of rotatable bonds is 11. The Labute approximate surface area is 279 Å². The Bertz CT molecular complexity index is 1990. The molecular weight excluding hydrogens is 598 g/mol. The summed E-state index contributed by atoms with van der Waals surface area (Å²) in [7, 11) is 0. The summed E-state index contributed by atoms with van der Waals surface area (Å²) in [6.45, 7) is 0.668. The standard InChI is InChI=1S/C42H35NO5/c44-41(47-27-30-19-22-34(23-20-30)46-26-29-10-2-1-3-11-29)40(25-31-18-21-32-12-4-5-13-33(32)24-31)43-42(45)48-28-39-37-16-8-6-14-35(37)36-15-7-9-17-38(36)39/h1-24,39-40H,25-28H2,(H,43,45)/t40-/m1/s1. The number of hydrogen-bond acceptors (Lipinski definition) is 5. The van der Waals surface area contributed by atoms with Gasteiger partial charge in [0.2, 0.25) is 0 Å². The van der Waals surface area contributed by atoms with Gasteiger partial charge in [-0.05, 0) is 61.8 Å². The Hall–Kier alpha value is -5.88. The molecule has 0 radical (unpaired) electrons. The van der Waals surface area contributed by atoms with Crippen molar-refractivity contribution >= 4 is 22.8 Å². The van der Waals surface area contributed by atoms with Gasteiger partial charge in [0, 0.05) is 12.3 Å². The minimum absolute atomic E-state index is 0.0540. The summed E-state index contributed by atoms with van der Waals surface area (Å²) in [4.78, 5) is 26.8. The lowest BCUT2D eigenvalue weighted by molar-refractivity contribution is -0.147. The van der Waals surface area contributed by atoms with E-state index in [2.05, 4.69) is 29.6 Å². The first-order valence-corrected chi connectivity index (χ1v) is 16.1. The SMILES string of the molecule is O=C(N[C@H](Cc1ccc2ccccc2c1)C(=O)OCc1ccc(OCc2ccccc2)cc1)OCC1c2ccccc2-c2ccccc21. The summed E-state index contributed by atoms with van der Waals surface area (Å²) in [5.74, 6) is 0.0924. The first kappa shape index (κ1) is 30.8. The molecule has 0 aromatic heterocycles. The fraction of sp³-hybridized carbons (Fsp3) is 0.143. The van der Waals surface area contributed by atoms with Crippen molar-refractivity contribution in [3.8, 4) is 16.9 Å². The Morgan fingerprint density at radius 3 is 1.92 bits per heavy atom. The van der Waals surface area contributed by atoms with E-state index in [-0.39, 0.29) is 25.6 Å². The van der Waals surface area contributed by atoms with E-state index in [4.69, 9.17) is 14.2 Å². The van der Waals surface area contributed by atoms with Crippen molar-refractivity contribution in [2.24, 2.45) is 0 Å². The molecule has 0 saturated heterocycles. The zero-order valence-electron chi connectivity index (χ0n) is 26.4. The molecule has 6 heteroatoms. The van der Waals surface area contributed by atoms with Crippen LogP contribution in [0.25, 0.3) is 21.9 Å². The summed E-state index contributed by atoms with van der Waals surface area (Å²) in [6, 6.07) is 46.9.